The van der Waals surface area contributed by atoms with Gasteiger partial charge in [0.1, 0.15) is 10.9 Å². The second-order valence-electron chi connectivity index (χ2n) is 7.02. The summed E-state index contributed by atoms with van der Waals surface area (Å²) >= 11 is 1.63. The van der Waals surface area contributed by atoms with Gasteiger partial charge in [0.25, 0.3) is 0 Å². The van der Waals surface area contributed by atoms with Crippen LogP contribution in [0.15, 0.2) is 79.1 Å². The molecule has 3 aromatic heterocycles. The van der Waals surface area contributed by atoms with Crippen LogP contribution < -0.4 is 5.32 Å². The summed E-state index contributed by atoms with van der Waals surface area (Å²) in [7, 11) is 0. The Morgan fingerprint density at radius 3 is 2.87 bits per heavy atom. The molecule has 0 aliphatic carbocycles. The third-order valence-electron chi connectivity index (χ3n) is 5.00. The molecule has 0 saturated heterocycles. The van der Waals surface area contributed by atoms with E-state index >= 15 is 0 Å². The van der Waals surface area contributed by atoms with Crippen molar-refractivity contribution in [2.24, 2.45) is 0 Å². The van der Waals surface area contributed by atoms with Crippen LogP contribution in [0.25, 0.3) is 27.2 Å². The summed E-state index contributed by atoms with van der Waals surface area (Å²) < 4.78 is 0. The second-order valence-corrected chi connectivity index (χ2v) is 8.09. The van der Waals surface area contributed by atoms with Gasteiger partial charge < -0.3 is 10.3 Å². The third kappa shape index (κ3) is 3.57. The molecule has 5 rings (SSSR count). The van der Waals surface area contributed by atoms with Gasteiger partial charge in [0.15, 0.2) is 0 Å². The van der Waals surface area contributed by atoms with Crippen LogP contribution in [-0.2, 0) is 6.42 Å². The van der Waals surface area contributed by atoms with Crippen molar-refractivity contribution in [1.29, 1.82) is 5.26 Å². The van der Waals surface area contributed by atoms with Crippen LogP contribution in [0.5, 0.6) is 0 Å². The Hall–Kier alpha value is -3.88. The number of allylic oxidation sites excluding steroid dienone is 1. The largest absolute Gasteiger partial charge is 0.361 e. The molecule has 0 aliphatic heterocycles. The number of nitriles is 1. The van der Waals surface area contributed by atoms with Crippen LogP contribution in [0.1, 0.15) is 16.0 Å². The zero-order valence-corrected chi connectivity index (χ0v) is 16.9. The van der Waals surface area contributed by atoms with Crippen molar-refractivity contribution in [2.45, 2.75) is 6.42 Å². The zero-order chi connectivity index (χ0) is 20.3. The fourth-order valence-electron chi connectivity index (χ4n) is 3.51. The van der Waals surface area contributed by atoms with Gasteiger partial charge in [-0.1, -0.05) is 36.4 Å². The highest BCUT2D eigenvalue weighted by atomic mass is 32.1. The fourth-order valence-corrected chi connectivity index (χ4v) is 4.45. The molecule has 0 atom stereocenters. The average molecular weight is 407 g/mol. The molecule has 3 heterocycles. The number of benzene rings is 2. The lowest BCUT2D eigenvalue weighted by Gasteiger charge is -2.09. The maximum Gasteiger partial charge on any atom is 0.125 e. The first-order valence-corrected chi connectivity index (χ1v) is 10.5. The van der Waals surface area contributed by atoms with E-state index in [-0.39, 0.29) is 0 Å². The maximum atomic E-state index is 9.62. The molecule has 0 radical (unpaired) electrons. The number of hydrogen-bond acceptors (Lipinski definition) is 4. The Bertz CT molecular complexity index is 1400. The first-order valence-electron chi connectivity index (χ1n) is 9.67. The van der Waals surface area contributed by atoms with Crippen molar-refractivity contribution < 1.29 is 0 Å². The number of rotatable bonds is 5. The minimum atomic E-state index is 0.536. The second kappa shape index (κ2) is 7.86. The number of nitrogens with one attached hydrogen (secondary N) is 2. The average Bonchev–Trinajstić information content (AvgIpc) is 3.41. The molecule has 30 heavy (non-hydrogen) atoms. The number of aromatic amines is 1. The minimum absolute atomic E-state index is 0.536. The number of thiophene rings is 1. The molecule has 0 fully saturated rings. The van der Waals surface area contributed by atoms with Crippen LogP contribution in [0.3, 0.4) is 0 Å². The monoisotopic (exact) mass is 406 g/mol. The van der Waals surface area contributed by atoms with Crippen molar-refractivity contribution in [2.75, 3.05) is 5.32 Å². The van der Waals surface area contributed by atoms with Crippen molar-refractivity contribution in [3.63, 3.8) is 0 Å². The molecule has 5 heteroatoms. The van der Waals surface area contributed by atoms with E-state index in [1.165, 1.54) is 5.56 Å². The Labute approximate surface area is 178 Å². The minimum Gasteiger partial charge on any atom is -0.361 e. The van der Waals surface area contributed by atoms with E-state index in [0.717, 1.165) is 43.8 Å². The first-order chi connectivity index (χ1) is 14.8. The van der Waals surface area contributed by atoms with Crippen molar-refractivity contribution in [3.05, 3.63) is 95.1 Å². The fraction of sp³-hybridized carbons (Fsp3) is 0.0400. The molecule has 5 aromatic rings. The predicted molar refractivity (Wildman–Crippen MR) is 125 cm³/mol. The summed E-state index contributed by atoms with van der Waals surface area (Å²) in [6.07, 6.45) is 8.74. The van der Waals surface area contributed by atoms with Gasteiger partial charge in [0.05, 0.1) is 11.3 Å². The summed E-state index contributed by atoms with van der Waals surface area (Å²) in [4.78, 5) is 9.73. The number of anilines is 2. The summed E-state index contributed by atoms with van der Waals surface area (Å²) in [6, 6.07) is 22.9. The number of nitrogens with zero attached hydrogens (tertiary/aromatic N) is 2. The summed E-state index contributed by atoms with van der Waals surface area (Å²) in [5, 5.41) is 15.2. The van der Waals surface area contributed by atoms with Crippen LogP contribution in [0, 0.1) is 11.3 Å². The highest BCUT2D eigenvalue weighted by Gasteiger charge is 2.12. The van der Waals surface area contributed by atoms with E-state index in [1.54, 1.807) is 17.5 Å². The topological polar surface area (TPSA) is 64.5 Å². The summed E-state index contributed by atoms with van der Waals surface area (Å²) in [5.74, 6) is 0. The van der Waals surface area contributed by atoms with Crippen LogP contribution in [0.2, 0.25) is 0 Å². The molecule has 0 bridgehead atoms. The number of pyridine rings is 1. The lowest BCUT2D eigenvalue weighted by Crippen LogP contribution is -1.95. The molecule has 144 valence electrons. The first kappa shape index (κ1) is 18.2. The lowest BCUT2D eigenvalue weighted by atomic mass is 10.1. The predicted octanol–water partition coefficient (Wildman–Crippen LogP) is 6.65. The molecule has 0 spiro atoms. The molecule has 0 amide bonds. The van der Waals surface area contributed by atoms with E-state index < -0.39 is 0 Å². The maximum absolute atomic E-state index is 9.62. The van der Waals surface area contributed by atoms with Gasteiger partial charge in [-0.3, -0.25) is 0 Å². The van der Waals surface area contributed by atoms with Crippen LogP contribution in [0.4, 0.5) is 11.4 Å². The Morgan fingerprint density at radius 2 is 2.00 bits per heavy atom. The van der Waals surface area contributed by atoms with E-state index in [4.69, 9.17) is 0 Å². The Morgan fingerprint density at radius 1 is 1.10 bits per heavy atom. The van der Waals surface area contributed by atoms with Crippen molar-refractivity contribution in [3.8, 4) is 6.07 Å². The number of aromatic nitrogens is 2. The Balaban J connectivity index is 1.48. The van der Waals surface area contributed by atoms with Crippen LogP contribution >= 0.6 is 11.3 Å². The molecule has 0 unspecified atom stereocenters. The molecule has 2 N–H and O–H groups in total. The highest BCUT2D eigenvalue weighted by molar-refractivity contribution is 7.19. The number of fused-ring (bicyclic) bond motifs is 2. The van der Waals surface area contributed by atoms with Gasteiger partial charge in [-0.05, 0) is 48.4 Å². The molecular weight excluding hydrogens is 388 g/mol. The van der Waals surface area contributed by atoms with Gasteiger partial charge >= 0.3 is 0 Å². The molecule has 2 aromatic carbocycles. The SMILES string of the molecule is N#Cc1cnc2sc(/C=C/Cc3ccccc3)cc2c1Nc1ccc2[nH]ccc2c1. The van der Waals surface area contributed by atoms with E-state index in [9.17, 15) is 5.26 Å². The van der Waals surface area contributed by atoms with Gasteiger partial charge in [-0.15, -0.1) is 11.3 Å². The van der Waals surface area contributed by atoms with Crippen LogP contribution in [-0.4, -0.2) is 9.97 Å². The summed E-state index contributed by atoms with van der Waals surface area (Å²) in [6.45, 7) is 0. The molecule has 0 aliphatic rings. The smallest absolute Gasteiger partial charge is 0.125 e. The van der Waals surface area contributed by atoms with E-state index in [0.29, 0.717) is 5.56 Å². The van der Waals surface area contributed by atoms with Gasteiger partial charge in [0, 0.05) is 39.2 Å². The van der Waals surface area contributed by atoms with Gasteiger partial charge in [0.2, 0.25) is 0 Å². The zero-order valence-electron chi connectivity index (χ0n) is 16.1. The van der Waals surface area contributed by atoms with Gasteiger partial charge in [-0.25, -0.2) is 4.98 Å². The quantitative estimate of drug-likeness (QED) is 0.343. The molecule has 0 saturated carbocycles. The van der Waals surface area contributed by atoms with E-state index in [1.807, 2.05) is 30.5 Å². The van der Waals surface area contributed by atoms with E-state index in [2.05, 4.69) is 69.9 Å². The number of hydrogen-bond donors (Lipinski definition) is 2. The lowest BCUT2D eigenvalue weighted by molar-refractivity contribution is 1.28. The number of H-pyrrole nitrogens is 1. The molecular formula is C25H18N4S. The molecule has 4 nitrogen and oxygen atoms in total. The Kier molecular flexibility index (Phi) is 4.76. The summed E-state index contributed by atoms with van der Waals surface area (Å²) in [5.41, 5.74) is 4.65. The van der Waals surface area contributed by atoms with Crippen molar-refractivity contribution in [1.82, 2.24) is 9.97 Å². The third-order valence-corrected chi connectivity index (χ3v) is 6.01. The van der Waals surface area contributed by atoms with Gasteiger partial charge in [-0.2, -0.15) is 5.26 Å². The normalized spacial score (nSPS) is 11.3. The van der Waals surface area contributed by atoms with Crippen molar-refractivity contribution >= 4 is 49.9 Å². The highest BCUT2D eigenvalue weighted by Crippen LogP contribution is 2.35. The standard InChI is InChI=1S/C25H18N4S/c26-15-19-16-28-25-22(14-21(30-25)8-4-7-17-5-2-1-3-6-17)24(19)29-20-9-10-23-18(13-20)11-12-27-23/h1-6,8-14,16,27H,7H2,(H,28,29)/b8-4+.